The van der Waals surface area contributed by atoms with E-state index in [4.69, 9.17) is 28.9 Å². The predicted molar refractivity (Wildman–Crippen MR) is 81.9 cm³/mol. The molecule has 0 aliphatic carbocycles. The molecule has 2 rings (SSSR count). The quantitative estimate of drug-likeness (QED) is 0.653. The Labute approximate surface area is 130 Å². The Morgan fingerprint density at radius 3 is 2.43 bits per heavy atom. The first-order valence-electron chi connectivity index (χ1n) is 5.81. The zero-order valence-electron chi connectivity index (χ0n) is 10.9. The highest BCUT2D eigenvalue weighted by molar-refractivity contribution is 6.39. The highest BCUT2D eigenvalue weighted by Crippen LogP contribution is 2.35. The van der Waals surface area contributed by atoms with Crippen molar-refractivity contribution in [3.63, 3.8) is 0 Å². The molecule has 0 radical (unpaired) electrons. The lowest BCUT2D eigenvalue weighted by atomic mass is 10.1. The number of nitrogens with one attached hydrogen (secondary N) is 1. The third-order valence-electron chi connectivity index (χ3n) is 2.72. The van der Waals surface area contributed by atoms with Crippen LogP contribution in [0.5, 0.6) is 0 Å². The highest BCUT2D eigenvalue weighted by atomic mass is 35.5. The predicted octanol–water partition coefficient (Wildman–Crippen LogP) is 4.24. The van der Waals surface area contributed by atoms with Crippen LogP contribution in [0.25, 0.3) is 0 Å². The Morgan fingerprint density at radius 1 is 1.24 bits per heavy atom. The van der Waals surface area contributed by atoms with Gasteiger partial charge in [-0.25, -0.2) is 9.18 Å². The molecular formula is C14H11Cl2FN2O2. The Bertz CT molecular complexity index is 684. The summed E-state index contributed by atoms with van der Waals surface area (Å²) in [7, 11) is 1.26. The van der Waals surface area contributed by atoms with E-state index in [2.05, 4.69) is 10.1 Å². The van der Waals surface area contributed by atoms with E-state index in [9.17, 15) is 9.18 Å². The summed E-state index contributed by atoms with van der Waals surface area (Å²) in [6.45, 7) is 0. The van der Waals surface area contributed by atoms with Crippen molar-refractivity contribution in [2.24, 2.45) is 0 Å². The molecule has 0 aliphatic rings. The second-order valence-electron chi connectivity index (χ2n) is 4.17. The molecule has 0 saturated carbocycles. The third kappa shape index (κ3) is 3.37. The van der Waals surface area contributed by atoms with Gasteiger partial charge in [-0.05, 0) is 30.3 Å². The van der Waals surface area contributed by atoms with E-state index in [0.29, 0.717) is 11.4 Å². The van der Waals surface area contributed by atoms with Gasteiger partial charge in [-0.2, -0.15) is 0 Å². The topological polar surface area (TPSA) is 64.3 Å². The zero-order chi connectivity index (χ0) is 15.6. The van der Waals surface area contributed by atoms with Gasteiger partial charge in [0.2, 0.25) is 0 Å². The molecule has 2 aromatic rings. The van der Waals surface area contributed by atoms with Crippen LogP contribution in [-0.4, -0.2) is 13.1 Å². The molecule has 2 aromatic carbocycles. The number of esters is 1. The second kappa shape index (κ2) is 6.20. The summed E-state index contributed by atoms with van der Waals surface area (Å²) in [6.07, 6.45) is 0. The zero-order valence-corrected chi connectivity index (χ0v) is 12.4. The van der Waals surface area contributed by atoms with Gasteiger partial charge < -0.3 is 15.8 Å². The lowest BCUT2D eigenvalue weighted by Crippen LogP contribution is -2.07. The number of carbonyl (C=O) groups is 1. The van der Waals surface area contributed by atoms with Crippen LogP contribution >= 0.6 is 23.2 Å². The first-order chi connectivity index (χ1) is 9.92. The van der Waals surface area contributed by atoms with Crippen molar-refractivity contribution in [2.75, 3.05) is 18.2 Å². The summed E-state index contributed by atoms with van der Waals surface area (Å²) in [5.74, 6) is -1.12. The fourth-order valence-corrected chi connectivity index (χ4v) is 2.30. The molecule has 7 heteroatoms. The number of rotatable bonds is 3. The maximum absolute atomic E-state index is 13.2. The van der Waals surface area contributed by atoms with Crippen LogP contribution < -0.4 is 11.1 Å². The average molecular weight is 329 g/mol. The number of anilines is 3. The lowest BCUT2D eigenvalue weighted by Gasteiger charge is -2.14. The van der Waals surface area contributed by atoms with Gasteiger partial charge in [-0.3, -0.25) is 0 Å². The summed E-state index contributed by atoms with van der Waals surface area (Å²) < 4.78 is 17.9. The molecule has 110 valence electrons. The van der Waals surface area contributed by atoms with Crippen molar-refractivity contribution in [3.8, 4) is 0 Å². The minimum Gasteiger partial charge on any atom is -0.465 e. The van der Waals surface area contributed by atoms with Crippen LogP contribution in [0.4, 0.5) is 21.5 Å². The molecule has 21 heavy (non-hydrogen) atoms. The van der Waals surface area contributed by atoms with Crippen LogP contribution in [0.2, 0.25) is 10.0 Å². The van der Waals surface area contributed by atoms with Gasteiger partial charge in [0.1, 0.15) is 5.82 Å². The Hall–Kier alpha value is -1.98. The molecule has 0 heterocycles. The molecule has 3 N–H and O–H groups in total. The maximum Gasteiger partial charge on any atom is 0.340 e. The molecule has 4 nitrogen and oxygen atoms in total. The van der Waals surface area contributed by atoms with E-state index >= 15 is 0 Å². The molecule has 0 saturated heterocycles. The Morgan fingerprint density at radius 2 is 1.86 bits per heavy atom. The average Bonchev–Trinajstić information content (AvgIpc) is 2.43. The van der Waals surface area contributed by atoms with Gasteiger partial charge in [-0.1, -0.05) is 23.2 Å². The van der Waals surface area contributed by atoms with Crippen LogP contribution in [-0.2, 0) is 4.74 Å². The number of benzene rings is 2. The number of hydrogen-bond acceptors (Lipinski definition) is 4. The van der Waals surface area contributed by atoms with Crippen molar-refractivity contribution < 1.29 is 13.9 Å². The second-order valence-corrected chi connectivity index (χ2v) is 4.98. The lowest BCUT2D eigenvalue weighted by molar-refractivity contribution is 0.0602. The number of carbonyl (C=O) groups excluding carboxylic acids is 1. The summed E-state index contributed by atoms with van der Waals surface area (Å²) in [6, 6.07) is 6.87. The van der Waals surface area contributed by atoms with E-state index in [1.165, 1.54) is 13.2 Å². The smallest absolute Gasteiger partial charge is 0.340 e. The van der Waals surface area contributed by atoms with Crippen molar-refractivity contribution in [1.82, 2.24) is 0 Å². The molecule has 0 unspecified atom stereocenters. The monoisotopic (exact) mass is 328 g/mol. The SMILES string of the molecule is COC(=O)c1cc(N)ccc1Nc1c(Cl)cc(F)cc1Cl. The van der Waals surface area contributed by atoms with Gasteiger partial charge in [-0.15, -0.1) is 0 Å². The number of methoxy groups -OCH3 is 1. The number of halogens is 3. The standard InChI is InChI=1S/C14H11Cl2FN2O2/c1-21-14(20)9-6-8(18)2-3-12(9)19-13-10(15)4-7(17)5-11(13)16/h2-6,19H,18H2,1H3. The molecule has 0 bridgehead atoms. The molecule has 0 fully saturated rings. The van der Waals surface area contributed by atoms with E-state index in [1.54, 1.807) is 12.1 Å². The van der Waals surface area contributed by atoms with Crippen molar-refractivity contribution in [1.29, 1.82) is 0 Å². The highest BCUT2D eigenvalue weighted by Gasteiger charge is 2.15. The minimum absolute atomic E-state index is 0.0904. The molecule has 0 aromatic heterocycles. The van der Waals surface area contributed by atoms with Crippen molar-refractivity contribution in [3.05, 3.63) is 51.8 Å². The summed E-state index contributed by atoms with van der Waals surface area (Å²) in [5.41, 5.74) is 6.95. The fourth-order valence-electron chi connectivity index (χ4n) is 1.75. The van der Waals surface area contributed by atoms with E-state index < -0.39 is 11.8 Å². The van der Waals surface area contributed by atoms with Gasteiger partial charge in [0.15, 0.2) is 0 Å². The number of nitrogen functional groups attached to an aromatic ring is 1. The third-order valence-corrected chi connectivity index (χ3v) is 3.31. The van der Waals surface area contributed by atoms with Crippen LogP contribution in [0.1, 0.15) is 10.4 Å². The number of ether oxygens (including phenoxy) is 1. The van der Waals surface area contributed by atoms with E-state index in [-0.39, 0.29) is 21.3 Å². The summed E-state index contributed by atoms with van der Waals surface area (Å²) >= 11 is 11.9. The Balaban J connectivity index is 2.47. The fraction of sp³-hybridized carbons (Fsp3) is 0.0714. The number of nitrogens with two attached hydrogens (primary N) is 1. The van der Waals surface area contributed by atoms with Gasteiger partial charge in [0, 0.05) is 5.69 Å². The Kier molecular flexibility index (Phi) is 4.55. The largest absolute Gasteiger partial charge is 0.465 e. The molecular weight excluding hydrogens is 318 g/mol. The first kappa shape index (κ1) is 15.4. The van der Waals surface area contributed by atoms with Crippen LogP contribution in [0.15, 0.2) is 30.3 Å². The normalized spacial score (nSPS) is 10.3. The maximum atomic E-state index is 13.2. The van der Waals surface area contributed by atoms with Crippen LogP contribution in [0, 0.1) is 5.82 Å². The van der Waals surface area contributed by atoms with E-state index in [0.717, 1.165) is 12.1 Å². The molecule has 0 aliphatic heterocycles. The molecule has 0 spiro atoms. The van der Waals surface area contributed by atoms with Crippen LogP contribution in [0.3, 0.4) is 0 Å². The van der Waals surface area contributed by atoms with Gasteiger partial charge in [0.05, 0.1) is 34.1 Å². The molecule has 0 amide bonds. The molecule has 0 atom stereocenters. The first-order valence-corrected chi connectivity index (χ1v) is 6.57. The summed E-state index contributed by atoms with van der Waals surface area (Å²) in [4.78, 5) is 11.8. The van der Waals surface area contributed by atoms with E-state index in [1.807, 2.05) is 0 Å². The van der Waals surface area contributed by atoms with Gasteiger partial charge in [0.25, 0.3) is 0 Å². The van der Waals surface area contributed by atoms with Crippen molar-refractivity contribution in [2.45, 2.75) is 0 Å². The number of hydrogen-bond donors (Lipinski definition) is 2. The minimum atomic E-state index is -0.570. The van der Waals surface area contributed by atoms with Crippen molar-refractivity contribution >= 4 is 46.2 Å². The van der Waals surface area contributed by atoms with Gasteiger partial charge >= 0.3 is 5.97 Å². The summed E-state index contributed by atoms with van der Waals surface area (Å²) in [5, 5.41) is 3.07.